The van der Waals surface area contributed by atoms with Gasteiger partial charge >= 0.3 is 0 Å². The number of aromatic nitrogens is 2. The minimum Gasteiger partial charge on any atom is -0.355 e. The van der Waals surface area contributed by atoms with E-state index >= 15 is 0 Å². The number of hydrogen-bond acceptors (Lipinski definition) is 5. The average Bonchev–Trinajstić information content (AvgIpc) is 2.80. The molecule has 0 atom stereocenters. The molecule has 0 radical (unpaired) electrons. The van der Waals surface area contributed by atoms with E-state index in [9.17, 15) is 10.1 Å². The van der Waals surface area contributed by atoms with Crippen LogP contribution in [0, 0.1) is 17.2 Å². The second-order valence-electron chi connectivity index (χ2n) is 7.65. The summed E-state index contributed by atoms with van der Waals surface area (Å²) >= 11 is 5.97. The van der Waals surface area contributed by atoms with Crippen LogP contribution >= 0.6 is 11.6 Å². The third-order valence-electron chi connectivity index (χ3n) is 5.54. The second kappa shape index (κ2) is 9.59. The first-order valence-corrected chi connectivity index (χ1v) is 10.6. The van der Waals surface area contributed by atoms with E-state index in [0.29, 0.717) is 22.2 Å². The Morgan fingerprint density at radius 2 is 1.87 bits per heavy atom. The number of amides is 1. The zero-order valence-corrected chi connectivity index (χ0v) is 17.7. The number of benzene rings is 2. The van der Waals surface area contributed by atoms with E-state index < -0.39 is 5.91 Å². The van der Waals surface area contributed by atoms with Gasteiger partial charge in [0.1, 0.15) is 6.07 Å². The number of halogens is 1. The average molecular weight is 432 g/mol. The highest BCUT2D eigenvalue weighted by atomic mass is 35.5. The molecule has 2 heterocycles. The summed E-state index contributed by atoms with van der Waals surface area (Å²) in [7, 11) is 0. The van der Waals surface area contributed by atoms with E-state index in [4.69, 9.17) is 11.6 Å². The molecular formula is C24H22ClN5O. The molecule has 31 heavy (non-hydrogen) atoms. The first kappa shape index (κ1) is 20.8. The fourth-order valence-electron chi connectivity index (χ4n) is 3.83. The van der Waals surface area contributed by atoms with Gasteiger partial charge in [-0.15, -0.1) is 10.2 Å². The number of carbonyl (C=O) groups is 1. The molecule has 1 saturated heterocycles. The lowest BCUT2D eigenvalue weighted by Gasteiger charge is -2.32. The fraction of sp³-hybridized carbons (Fsp3) is 0.250. The molecule has 3 aromatic rings. The summed E-state index contributed by atoms with van der Waals surface area (Å²) in [5, 5.41) is 20.7. The lowest BCUT2D eigenvalue weighted by molar-refractivity contribution is 0.102. The van der Waals surface area contributed by atoms with Gasteiger partial charge in [-0.2, -0.15) is 5.26 Å². The molecule has 2 aromatic carbocycles. The molecule has 156 valence electrons. The van der Waals surface area contributed by atoms with Crippen LogP contribution in [0.1, 0.15) is 34.5 Å². The van der Waals surface area contributed by atoms with E-state index in [2.05, 4.69) is 44.7 Å². The summed E-state index contributed by atoms with van der Waals surface area (Å²) in [5.41, 5.74) is 2.26. The molecule has 0 unspecified atom stereocenters. The Morgan fingerprint density at radius 3 is 2.55 bits per heavy atom. The van der Waals surface area contributed by atoms with Gasteiger partial charge in [-0.25, -0.2) is 0 Å². The molecule has 1 aliphatic rings. The molecule has 1 amide bonds. The molecule has 7 heteroatoms. The Morgan fingerprint density at radius 1 is 1.10 bits per heavy atom. The molecule has 1 aliphatic heterocycles. The molecule has 6 nitrogen and oxygen atoms in total. The Hall–Kier alpha value is -3.43. The van der Waals surface area contributed by atoms with Crippen LogP contribution < -0.4 is 10.2 Å². The summed E-state index contributed by atoms with van der Waals surface area (Å²) in [5.74, 6) is 1.01. The van der Waals surface area contributed by atoms with Crippen molar-refractivity contribution >= 4 is 29.0 Å². The zero-order valence-electron chi connectivity index (χ0n) is 17.0. The SMILES string of the molecule is N#Cc1ccc(Cl)cc1NC(=O)c1ccc(N2CCC(Cc3ccccc3)CC2)nn1. The van der Waals surface area contributed by atoms with Crippen molar-refractivity contribution in [3.05, 3.63) is 82.5 Å². The highest BCUT2D eigenvalue weighted by molar-refractivity contribution is 6.31. The fourth-order valence-corrected chi connectivity index (χ4v) is 4.00. The quantitative estimate of drug-likeness (QED) is 0.632. The van der Waals surface area contributed by atoms with Crippen LogP contribution in [0.5, 0.6) is 0 Å². The first-order valence-electron chi connectivity index (χ1n) is 10.3. The highest BCUT2D eigenvalue weighted by Gasteiger charge is 2.21. The van der Waals surface area contributed by atoms with Crippen LogP contribution in [0.15, 0.2) is 60.7 Å². The minimum absolute atomic E-state index is 0.187. The number of nitrogens with one attached hydrogen (secondary N) is 1. The van der Waals surface area contributed by atoms with Crippen LogP contribution in [0.4, 0.5) is 11.5 Å². The number of rotatable bonds is 5. The molecule has 4 rings (SSSR count). The van der Waals surface area contributed by atoms with Crippen LogP contribution in [0.2, 0.25) is 5.02 Å². The van der Waals surface area contributed by atoms with Crippen LogP contribution in [0.3, 0.4) is 0 Å². The Kier molecular flexibility index (Phi) is 6.44. The van der Waals surface area contributed by atoms with Crippen molar-refractivity contribution in [2.45, 2.75) is 19.3 Å². The summed E-state index contributed by atoms with van der Waals surface area (Å²) in [6, 6.07) is 20.8. The van der Waals surface area contributed by atoms with Gasteiger partial charge in [0.2, 0.25) is 0 Å². The molecule has 0 bridgehead atoms. The standard InChI is InChI=1S/C24H22ClN5O/c25-20-7-6-19(16-26)22(15-20)27-24(31)21-8-9-23(29-28-21)30-12-10-18(11-13-30)14-17-4-2-1-3-5-17/h1-9,15,18H,10-14H2,(H,27,31). The van der Waals surface area contributed by atoms with Gasteiger partial charge in [0.25, 0.3) is 5.91 Å². The summed E-state index contributed by atoms with van der Waals surface area (Å²) < 4.78 is 0. The van der Waals surface area contributed by atoms with Crippen molar-refractivity contribution in [3.63, 3.8) is 0 Å². The molecule has 0 saturated carbocycles. The smallest absolute Gasteiger partial charge is 0.276 e. The predicted octanol–water partition coefficient (Wildman–Crippen LogP) is 4.71. The van der Waals surface area contributed by atoms with Gasteiger partial charge in [-0.3, -0.25) is 4.79 Å². The third-order valence-corrected chi connectivity index (χ3v) is 5.77. The maximum Gasteiger partial charge on any atom is 0.276 e. The number of carbonyl (C=O) groups excluding carboxylic acids is 1. The lowest BCUT2D eigenvalue weighted by atomic mass is 9.90. The predicted molar refractivity (Wildman–Crippen MR) is 121 cm³/mol. The largest absolute Gasteiger partial charge is 0.355 e. The molecule has 0 spiro atoms. The maximum absolute atomic E-state index is 12.5. The van der Waals surface area contributed by atoms with Gasteiger partial charge in [0.15, 0.2) is 11.5 Å². The highest BCUT2D eigenvalue weighted by Crippen LogP contribution is 2.25. The second-order valence-corrected chi connectivity index (χ2v) is 8.09. The molecule has 1 aromatic heterocycles. The lowest BCUT2D eigenvalue weighted by Crippen LogP contribution is -2.35. The van der Waals surface area contributed by atoms with Gasteiger partial charge in [0.05, 0.1) is 11.3 Å². The summed E-state index contributed by atoms with van der Waals surface area (Å²) in [6.45, 7) is 1.84. The van der Waals surface area contributed by atoms with Gasteiger partial charge < -0.3 is 10.2 Å². The van der Waals surface area contributed by atoms with Crippen molar-refractivity contribution in [2.24, 2.45) is 5.92 Å². The Balaban J connectivity index is 1.35. The van der Waals surface area contributed by atoms with E-state index in [1.165, 1.54) is 5.56 Å². The van der Waals surface area contributed by atoms with Crippen LogP contribution in [-0.4, -0.2) is 29.2 Å². The number of nitriles is 1. The normalized spacial score (nSPS) is 14.1. The number of nitrogens with zero attached hydrogens (tertiary/aromatic N) is 4. The van der Waals surface area contributed by atoms with E-state index in [1.54, 1.807) is 24.3 Å². The van der Waals surface area contributed by atoms with Crippen molar-refractivity contribution in [1.29, 1.82) is 5.26 Å². The number of anilines is 2. The van der Waals surface area contributed by atoms with Crippen molar-refractivity contribution in [1.82, 2.24) is 10.2 Å². The number of piperidine rings is 1. The van der Waals surface area contributed by atoms with E-state index in [1.807, 2.05) is 18.2 Å². The molecular weight excluding hydrogens is 410 g/mol. The molecule has 0 aliphatic carbocycles. The van der Waals surface area contributed by atoms with Gasteiger partial charge in [0, 0.05) is 18.1 Å². The number of hydrogen-bond donors (Lipinski definition) is 1. The minimum atomic E-state index is -0.431. The summed E-state index contributed by atoms with van der Waals surface area (Å²) in [6.07, 6.45) is 3.31. The third kappa shape index (κ3) is 5.19. The maximum atomic E-state index is 12.5. The molecule has 1 fully saturated rings. The van der Waals surface area contributed by atoms with Crippen LogP contribution in [-0.2, 0) is 6.42 Å². The topological polar surface area (TPSA) is 81.9 Å². The van der Waals surface area contributed by atoms with Crippen molar-refractivity contribution in [3.8, 4) is 6.07 Å². The first-order chi connectivity index (χ1) is 15.1. The van der Waals surface area contributed by atoms with Gasteiger partial charge in [-0.1, -0.05) is 41.9 Å². The van der Waals surface area contributed by atoms with Gasteiger partial charge in [-0.05, 0) is 61.1 Å². The van der Waals surface area contributed by atoms with Crippen LogP contribution in [0.25, 0.3) is 0 Å². The zero-order chi connectivity index (χ0) is 21.6. The Bertz CT molecular complexity index is 1090. The Labute approximate surface area is 186 Å². The van der Waals surface area contributed by atoms with E-state index in [0.717, 1.165) is 38.2 Å². The summed E-state index contributed by atoms with van der Waals surface area (Å²) in [4.78, 5) is 14.7. The van der Waals surface area contributed by atoms with E-state index in [-0.39, 0.29) is 5.69 Å². The molecule has 1 N–H and O–H groups in total. The van der Waals surface area contributed by atoms with Crippen molar-refractivity contribution in [2.75, 3.05) is 23.3 Å². The van der Waals surface area contributed by atoms with Crippen molar-refractivity contribution < 1.29 is 4.79 Å². The monoisotopic (exact) mass is 431 g/mol.